The lowest BCUT2D eigenvalue weighted by Crippen LogP contribution is -2.35. The number of allylic oxidation sites excluding steroid dienone is 2. The number of carbonyl (C=O) groups is 1. The van der Waals surface area contributed by atoms with Crippen molar-refractivity contribution in [2.24, 2.45) is 5.92 Å². The van der Waals surface area contributed by atoms with Gasteiger partial charge < -0.3 is 5.32 Å². The van der Waals surface area contributed by atoms with Crippen molar-refractivity contribution < 1.29 is 13.2 Å². The fourth-order valence-corrected chi connectivity index (χ4v) is 4.83. The highest BCUT2D eigenvalue weighted by molar-refractivity contribution is 7.89. The predicted molar refractivity (Wildman–Crippen MR) is 94.2 cm³/mol. The number of anilines is 1. The summed E-state index contributed by atoms with van der Waals surface area (Å²) in [5, 5.41) is 2.87. The molecule has 3 rings (SSSR count). The molecule has 1 aliphatic heterocycles. The lowest BCUT2D eigenvalue weighted by Gasteiger charge is -2.26. The van der Waals surface area contributed by atoms with Crippen molar-refractivity contribution in [3.8, 4) is 0 Å². The third-order valence-electron chi connectivity index (χ3n) is 4.69. The van der Waals surface area contributed by atoms with E-state index in [0.717, 1.165) is 38.5 Å². The maximum absolute atomic E-state index is 12.7. The number of sulfonamides is 1. The molecule has 0 unspecified atom stereocenters. The van der Waals surface area contributed by atoms with Crippen LogP contribution in [0, 0.1) is 5.92 Å². The van der Waals surface area contributed by atoms with Gasteiger partial charge in [0.1, 0.15) is 0 Å². The Bertz CT molecular complexity index is 722. The summed E-state index contributed by atoms with van der Waals surface area (Å²) in [6.07, 6.45) is 9.53. The highest BCUT2D eigenvalue weighted by Gasteiger charge is 2.26. The third-order valence-corrected chi connectivity index (χ3v) is 6.59. The Balaban J connectivity index is 1.73. The Morgan fingerprint density at radius 1 is 1.12 bits per heavy atom. The fraction of sp³-hybridized carbons (Fsp3) is 0.500. The first-order valence-electron chi connectivity index (χ1n) is 8.63. The fourth-order valence-electron chi connectivity index (χ4n) is 3.26. The van der Waals surface area contributed by atoms with Crippen LogP contribution in [0.3, 0.4) is 0 Å². The molecule has 1 N–H and O–H groups in total. The van der Waals surface area contributed by atoms with E-state index in [1.807, 2.05) is 6.08 Å². The van der Waals surface area contributed by atoms with E-state index >= 15 is 0 Å². The molecule has 1 saturated heterocycles. The van der Waals surface area contributed by atoms with Gasteiger partial charge in [0.05, 0.1) is 4.90 Å². The zero-order valence-corrected chi connectivity index (χ0v) is 14.6. The summed E-state index contributed by atoms with van der Waals surface area (Å²) in [6, 6.07) is 6.60. The molecule has 0 aromatic heterocycles. The van der Waals surface area contributed by atoms with Gasteiger partial charge in [-0.25, -0.2) is 8.42 Å². The molecule has 1 aromatic carbocycles. The second-order valence-electron chi connectivity index (χ2n) is 6.46. The van der Waals surface area contributed by atoms with Gasteiger partial charge >= 0.3 is 0 Å². The standard InChI is InChI=1S/C18H24N2O3S/c21-18(15-8-3-1-4-9-15)19-16-10-7-11-17(14-16)24(22,23)20-12-5-2-6-13-20/h1,3,7,10-11,14-15H,2,4-6,8-9,12-13H2,(H,19,21)/t15-/m0/s1. The average molecular weight is 348 g/mol. The molecule has 0 spiro atoms. The predicted octanol–water partition coefficient (Wildman–Crippen LogP) is 3.16. The Kier molecular flexibility index (Phi) is 5.36. The molecule has 0 saturated carbocycles. The number of nitrogens with zero attached hydrogens (tertiary/aromatic N) is 1. The van der Waals surface area contributed by atoms with Crippen LogP contribution in [0.1, 0.15) is 38.5 Å². The second-order valence-corrected chi connectivity index (χ2v) is 8.40. The van der Waals surface area contributed by atoms with Gasteiger partial charge in [-0.2, -0.15) is 4.31 Å². The quantitative estimate of drug-likeness (QED) is 0.850. The van der Waals surface area contributed by atoms with E-state index in [1.165, 1.54) is 0 Å². The molecule has 1 aromatic rings. The van der Waals surface area contributed by atoms with Gasteiger partial charge in [0.25, 0.3) is 0 Å². The molecule has 1 fully saturated rings. The molecule has 1 heterocycles. The summed E-state index contributed by atoms with van der Waals surface area (Å²) in [5.74, 6) is -0.0655. The average Bonchev–Trinajstić information content (AvgIpc) is 2.63. The summed E-state index contributed by atoms with van der Waals surface area (Å²) in [4.78, 5) is 12.6. The van der Waals surface area contributed by atoms with E-state index in [9.17, 15) is 13.2 Å². The van der Waals surface area contributed by atoms with Crippen LogP contribution in [0.25, 0.3) is 0 Å². The topological polar surface area (TPSA) is 66.5 Å². The molecule has 2 aliphatic rings. The van der Waals surface area contributed by atoms with Crippen molar-refractivity contribution in [1.82, 2.24) is 4.31 Å². The van der Waals surface area contributed by atoms with Crippen LogP contribution in [0.4, 0.5) is 5.69 Å². The normalized spacial score (nSPS) is 22.2. The van der Waals surface area contributed by atoms with Crippen LogP contribution in [0.2, 0.25) is 0 Å². The van der Waals surface area contributed by atoms with Gasteiger partial charge in [0, 0.05) is 24.7 Å². The maximum Gasteiger partial charge on any atom is 0.243 e. The minimum absolute atomic E-state index is 0.0302. The molecule has 0 radical (unpaired) electrons. The van der Waals surface area contributed by atoms with Crippen molar-refractivity contribution >= 4 is 21.6 Å². The Morgan fingerprint density at radius 3 is 2.62 bits per heavy atom. The summed E-state index contributed by atoms with van der Waals surface area (Å²) in [5.41, 5.74) is 0.549. The van der Waals surface area contributed by atoms with Crippen molar-refractivity contribution in [2.45, 2.75) is 43.4 Å². The van der Waals surface area contributed by atoms with Crippen LogP contribution < -0.4 is 5.32 Å². The number of hydrogen-bond acceptors (Lipinski definition) is 3. The minimum Gasteiger partial charge on any atom is -0.326 e. The lowest BCUT2D eigenvalue weighted by molar-refractivity contribution is -0.120. The molecule has 1 atom stereocenters. The van der Waals surface area contributed by atoms with Crippen LogP contribution >= 0.6 is 0 Å². The van der Waals surface area contributed by atoms with Crippen LogP contribution in [0.15, 0.2) is 41.3 Å². The van der Waals surface area contributed by atoms with Crippen molar-refractivity contribution in [3.63, 3.8) is 0 Å². The molecular weight excluding hydrogens is 324 g/mol. The molecule has 5 nitrogen and oxygen atoms in total. The minimum atomic E-state index is -3.47. The van der Waals surface area contributed by atoms with Crippen molar-refractivity contribution in [2.75, 3.05) is 18.4 Å². The SMILES string of the molecule is O=C(Nc1cccc(S(=O)(=O)N2CCCCC2)c1)[C@H]1CC=CCC1. The van der Waals surface area contributed by atoms with E-state index in [1.54, 1.807) is 28.6 Å². The second kappa shape index (κ2) is 7.49. The number of benzene rings is 1. The number of piperidine rings is 1. The molecule has 1 amide bonds. The lowest BCUT2D eigenvalue weighted by atomic mass is 9.93. The maximum atomic E-state index is 12.7. The summed E-state index contributed by atoms with van der Waals surface area (Å²) in [6.45, 7) is 1.15. The highest BCUT2D eigenvalue weighted by Crippen LogP contribution is 2.24. The monoisotopic (exact) mass is 348 g/mol. The zero-order valence-electron chi connectivity index (χ0n) is 13.8. The van der Waals surface area contributed by atoms with Crippen LogP contribution in [-0.2, 0) is 14.8 Å². The largest absolute Gasteiger partial charge is 0.326 e. The van der Waals surface area contributed by atoms with Gasteiger partial charge in [-0.1, -0.05) is 24.6 Å². The summed E-state index contributed by atoms with van der Waals surface area (Å²) >= 11 is 0. The van der Waals surface area contributed by atoms with Gasteiger partial charge in [-0.15, -0.1) is 0 Å². The van der Waals surface area contributed by atoms with Crippen molar-refractivity contribution in [3.05, 3.63) is 36.4 Å². The molecule has 130 valence electrons. The molecular formula is C18H24N2O3S. The van der Waals surface area contributed by atoms with Crippen LogP contribution in [0.5, 0.6) is 0 Å². The van der Waals surface area contributed by atoms with E-state index in [4.69, 9.17) is 0 Å². The van der Waals surface area contributed by atoms with Gasteiger partial charge in [-0.3, -0.25) is 4.79 Å². The van der Waals surface area contributed by atoms with Crippen LogP contribution in [-0.4, -0.2) is 31.7 Å². The Hall–Kier alpha value is -1.66. The summed E-state index contributed by atoms with van der Waals surface area (Å²) in [7, 11) is -3.47. The highest BCUT2D eigenvalue weighted by atomic mass is 32.2. The molecule has 6 heteroatoms. The Labute approximate surface area is 143 Å². The number of hydrogen-bond donors (Lipinski definition) is 1. The van der Waals surface area contributed by atoms with Gasteiger partial charge in [0.15, 0.2) is 0 Å². The first-order chi connectivity index (χ1) is 11.6. The smallest absolute Gasteiger partial charge is 0.243 e. The molecule has 24 heavy (non-hydrogen) atoms. The zero-order chi connectivity index (χ0) is 17.0. The van der Waals surface area contributed by atoms with Crippen molar-refractivity contribution in [1.29, 1.82) is 0 Å². The Morgan fingerprint density at radius 2 is 1.92 bits per heavy atom. The molecule has 1 aliphatic carbocycles. The van der Waals surface area contributed by atoms with Gasteiger partial charge in [0.2, 0.25) is 15.9 Å². The molecule has 0 bridgehead atoms. The van der Waals surface area contributed by atoms with E-state index in [-0.39, 0.29) is 16.7 Å². The van der Waals surface area contributed by atoms with E-state index < -0.39 is 10.0 Å². The number of nitrogens with one attached hydrogen (secondary N) is 1. The number of carbonyl (C=O) groups excluding carboxylic acids is 1. The first-order valence-corrected chi connectivity index (χ1v) is 10.1. The van der Waals surface area contributed by atoms with Gasteiger partial charge in [-0.05, 0) is 50.3 Å². The summed E-state index contributed by atoms with van der Waals surface area (Å²) < 4.78 is 27.0. The third kappa shape index (κ3) is 3.87. The number of amides is 1. The first kappa shape index (κ1) is 17.2. The number of rotatable bonds is 4. The van der Waals surface area contributed by atoms with E-state index in [0.29, 0.717) is 18.8 Å². The van der Waals surface area contributed by atoms with E-state index in [2.05, 4.69) is 11.4 Å².